The van der Waals surface area contributed by atoms with Gasteiger partial charge in [-0.1, -0.05) is 48.5 Å². The molecule has 0 aliphatic carbocycles. The molecule has 2 aromatic heterocycles. The molecule has 0 atom stereocenters. The van der Waals surface area contributed by atoms with Crippen LogP contribution in [-0.4, -0.2) is 15.5 Å². The van der Waals surface area contributed by atoms with Gasteiger partial charge < -0.3 is 9.88 Å². The number of rotatable bonds is 6. The number of carbonyl (C=O) groups excluding carboxylic acids is 1. The highest BCUT2D eigenvalue weighted by Crippen LogP contribution is 2.31. The molecule has 4 aromatic rings. The lowest BCUT2D eigenvalue weighted by atomic mass is 10.1. The first-order valence-electron chi connectivity index (χ1n) is 10.4. The normalized spacial score (nSPS) is 11.4. The van der Waals surface area contributed by atoms with Gasteiger partial charge in [0, 0.05) is 18.7 Å². The molecule has 0 aliphatic heterocycles. The van der Waals surface area contributed by atoms with E-state index < -0.39 is 17.6 Å². The smallest absolute Gasteiger partial charge is 0.312 e. The maximum absolute atomic E-state index is 13.0. The average molecular weight is 484 g/mol. The van der Waals surface area contributed by atoms with Crippen molar-refractivity contribution in [2.45, 2.75) is 26.1 Å². The number of nitrogens with zero attached hydrogens (tertiary/aromatic N) is 2. The van der Waals surface area contributed by atoms with Crippen LogP contribution >= 0.6 is 11.3 Å². The molecule has 0 saturated carbocycles. The Labute approximate surface area is 197 Å². The van der Waals surface area contributed by atoms with Crippen LogP contribution in [0.3, 0.4) is 0 Å². The quantitative estimate of drug-likeness (QED) is 0.393. The Morgan fingerprint density at radius 3 is 2.50 bits per heavy atom. The zero-order valence-corrected chi connectivity index (χ0v) is 18.9. The highest BCUT2D eigenvalue weighted by molar-refractivity contribution is 7.16. The third kappa shape index (κ3) is 5.60. The van der Waals surface area contributed by atoms with E-state index in [4.69, 9.17) is 0 Å². The highest BCUT2D eigenvalue weighted by Gasteiger charge is 2.30. The minimum Gasteiger partial charge on any atom is -0.312 e. The van der Waals surface area contributed by atoms with Gasteiger partial charge in [-0.2, -0.15) is 13.2 Å². The lowest BCUT2D eigenvalue weighted by molar-refractivity contribution is -0.137. The van der Waals surface area contributed by atoms with Gasteiger partial charge in [0.1, 0.15) is 5.00 Å². The standard InChI is InChI=1S/C25H20F3N3O2S/c1-16-24(34-21(29-16)13-18-8-5-9-20(12-18)25(26,27)28)30-23(33)19-10-11-22(32)31(15-19)14-17-6-3-2-4-7-17/h2-12,15H,13-14H2,1H3,(H,30,33). The number of amides is 1. The van der Waals surface area contributed by atoms with Crippen LogP contribution in [0.2, 0.25) is 0 Å². The van der Waals surface area contributed by atoms with Gasteiger partial charge in [-0.15, -0.1) is 11.3 Å². The summed E-state index contributed by atoms with van der Waals surface area (Å²) in [6.45, 7) is 2.06. The van der Waals surface area contributed by atoms with Gasteiger partial charge in [0.2, 0.25) is 0 Å². The van der Waals surface area contributed by atoms with Crippen molar-refractivity contribution in [3.63, 3.8) is 0 Å². The molecule has 4 rings (SSSR count). The van der Waals surface area contributed by atoms with E-state index >= 15 is 0 Å². The molecule has 1 amide bonds. The van der Waals surface area contributed by atoms with Crippen molar-refractivity contribution >= 4 is 22.2 Å². The molecular weight excluding hydrogens is 463 g/mol. The fourth-order valence-corrected chi connectivity index (χ4v) is 4.41. The largest absolute Gasteiger partial charge is 0.416 e. The maximum atomic E-state index is 13.0. The number of hydrogen-bond donors (Lipinski definition) is 1. The maximum Gasteiger partial charge on any atom is 0.416 e. The number of hydrogen-bond acceptors (Lipinski definition) is 4. The van der Waals surface area contributed by atoms with Crippen molar-refractivity contribution < 1.29 is 18.0 Å². The van der Waals surface area contributed by atoms with E-state index in [1.54, 1.807) is 13.0 Å². The van der Waals surface area contributed by atoms with Crippen LogP contribution in [0, 0.1) is 6.92 Å². The third-order valence-electron chi connectivity index (χ3n) is 5.12. The van der Waals surface area contributed by atoms with Gasteiger partial charge in [0.05, 0.1) is 28.4 Å². The number of aryl methyl sites for hydroxylation is 1. The molecule has 0 bridgehead atoms. The first kappa shape index (κ1) is 23.4. The number of halogens is 3. The first-order valence-corrected chi connectivity index (χ1v) is 11.2. The second kappa shape index (κ2) is 9.64. The Hall–Kier alpha value is -3.72. The van der Waals surface area contributed by atoms with Crippen molar-refractivity contribution in [2.75, 3.05) is 5.32 Å². The summed E-state index contributed by atoms with van der Waals surface area (Å²) in [7, 11) is 0. The molecule has 0 aliphatic rings. The summed E-state index contributed by atoms with van der Waals surface area (Å²) < 4.78 is 40.4. The Kier molecular flexibility index (Phi) is 6.65. The molecule has 0 fully saturated rings. The topological polar surface area (TPSA) is 64.0 Å². The highest BCUT2D eigenvalue weighted by atomic mass is 32.1. The predicted molar refractivity (Wildman–Crippen MR) is 125 cm³/mol. The number of nitrogens with one attached hydrogen (secondary N) is 1. The second-order valence-corrected chi connectivity index (χ2v) is 8.80. The molecule has 174 valence electrons. The summed E-state index contributed by atoms with van der Waals surface area (Å²) in [5, 5.41) is 3.89. The third-order valence-corrected chi connectivity index (χ3v) is 6.19. The lowest BCUT2D eigenvalue weighted by Crippen LogP contribution is -2.22. The zero-order valence-electron chi connectivity index (χ0n) is 18.1. The Bertz CT molecular complexity index is 1380. The summed E-state index contributed by atoms with van der Waals surface area (Å²) in [4.78, 5) is 29.5. The van der Waals surface area contributed by atoms with Crippen LogP contribution in [0.1, 0.15) is 37.7 Å². The van der Waals surface area contributed by atoms with Crippen molar-refractivity contribution in [1.82, 2.24) is 9.55 Å². The molecule has 0 radical (unpaired) electrons. The van der Waals surface area contributed by atoms with Crippen LogP contribution in [0.4, 0.5) is 18.2 Å². The summed E-state index contributed by atoms with van der Waals surface area (Å²) in [6.07, 6.45) is -2.69. The van der Waals surface area contributed by atoms with Gasteiger partial charge >= 0.3 is 6.18 Å². The molecule has 9 heteroatoms. The fourth-order valence-electron chi connectivity index (χ4n) is 3.42. The molecule has 0 saturated heterocycles. The number of anilines is 1. The van der Waals surface area contributed by atoms with E-state index in [2.05, 4.69) is 10.3 Å². The molecule has 0 unspecified atom stereocenters. The average Bonchev–Trinajstić information content (AvgIpc) is 3.14. The minimum absolute atomic E-state index is 0.216. The van der Waals surface area contributed by atoms with Crippen LogP contribution in [0.15, 0.2) is 77.7 Å². The number of thiazole rings is 1. The molecule has 2 aromatic carbocycles. The molecule has 0 spiro atoms. The Morgan fingerprint density at radius 2 is 1.76 bits per heavy atom. The van der Waals surface area contributed by atoms with Crippen molar-refractivity contribution in [1.29, 1.82) is 0 Å². The monoisotopic (exact) mass is 483 g/mol. The van der Waals surface area contributed by atoms with Crippen molar-refractivity contribution in [2.24, 2.45) is 0 Å². The number of alkyl halides is 3. The zero-order chi connectivity index (χ0) is 24.3. The van der Waals surface area contributed by atoms with Gasteiger partial charge in [-0.3, -0.25) is 9.59 Å². The van der Waals surface area contributed by atoms with Gasteiger partial charge in [-0.05, 0) is 30.2 Å². The molecule has 5 nitrogen and oxygen atoms in total. The summed E-state index contributed by atoms with van der Waals surface area (Å²) in [5.74, 6) is -0.404. The van der Waals surface area contributed by atoms with Crippen LogP contribution < -0.4 is 10.9 Å². The Morgan fingerprint density at radius 1 is 1.03 bits per heavy atom. The van der Waals surface area contributed by atoms with E-state index in [9.17, 15) is 22.8 Å². The SMILES string of the molecule is Cc1nc(Cc2cccc(C(F)(F)F)c2)sc1NC(=O)c1ccc(=O)n(Cc2ccccc2)c1. The molecular formula is C25H20F3N3O2S. The molecule has 2 heterocycles. The molecule has 1 N–H and O–H groups in total. The van der Waals surface area contributed by atoms with E-state index in [-0.39, 0.29) is 12.0 Å². The molecule has 34 heavy (non-hydrogen) atoms. The number of benzene rings is 2. The van der Waals surface area contributed by atoms with Gasteiger partial charge in [-0.25, -0.2) is 4.98 Å². The minimum atomic E-state index is -4.41. The number of carbonyl (C=O) groups is 1. The predicted octanol–water partition coefficient (Wildman–Crippen LogP) is 5.52. The van der Waals surface area contributed by atoms with Crippen LogP contribution in [0.5, 0.6) is 0 Å². The van der Waals surface area contributed by atoms with E-state index in [0.29, 0.717) is 33.4 Å². The number of aromatic nitrogens is 2. The Balaban J connectivity index is 1.49. The van der Waals surface area contributed by atoms with Crippen LogP contribution in [-0.2, 0) is 19.1 Å². The first-order chi connectivity index (χ1) is 16.2. The second-order valence-electron chi connectivity index (χ2n) is 7.72. The lowest BCUT2D eigenvalue weighted by Gasteiger charge is -2.09. The van der Waals surface area contributed by atoms with Crippen LogP contribution in [0.25, 0.3) is 0 Å². The van der Waals surface area contributed by atoms with Gasteiger partial charge in [0.25, 0.3) is 11.5 Å². The summed E-state index contributed by atoms with van der Waals surface area (Å²) in [6, 6.07) is 17.3. The van der Waals surface area contributed by atoms with Crippen molar-refractivity contribution in [3.05, 3.63) is 116 Å². The number of pyridine rings is 1. The summed E-state index contributed by atoms with van der Waals surface area (Å²) in [5.41, 5.74) is 1.35. The van der Waals surface area contributed by atoms with E-state index in [1.807, 2.05) is 30.3 Å². The van der Waals surface area contributed by atoms with Crippen molar-refractivity contribution in [3.8, 4) is 0 Å². The van der Waals surface area contributed by atoms with E-state index in [1.165, 1.54) is 40.3 Å². The summed E-state index contributed by atoms with van der Waals surface area (Å²) >= 11 is 1.21. The van der Waals surface area contributed by atoms with Gasteiger partial charge in [0.15, 0.2) is 0 Å². The van der Waals surface area contributed by atoms with E-state index in [0.717, 1.165) is 17.7 Å². The fraction of sp³-hybridized carbons (Fsp3) is 0.160.